The van der Waals surface area contributed by atoms with E-state index in [9.17, 15) is 14.0 Å². The van der Waals surface area contributed by atoms with E-state index in [2.05, 4.69) is 10.1 Å². The monoisotopic (exact) mass is 362 g/mol. The van der Waals surface area contributed by atoms with Crippen molar-refractivity contribution in [2.24, 2.45) is 12.0 Å². The molecule has 3 rings (SSSR count). The molecule has 25 heavy (non-hydrogen) atoms. The Bertz CT molecular complexity index is 1020. The fourth-order valence-corrected chi connectivity index (χ4v) is 3.40. The quantitative estimate of drug-likeness (QED) is 0.664. The van der Waals surface area contributed by atoms with Crippen LogP contribution in [0, 0.1) is 5.82 Å². The van der Waals surface area contributed by atoms with Crippen LogP contribution in [0.15, 0.2) is 35.5 Å². The SMILES string of the molecule is CCOC(=O)Cn1c(=NC(=O)c2ccnn2C)sc2cc(F)ccc21. The zero-order valence-corrected chi connectivity index (χ0v) is 14.4. The summed E-state index contributed by atoms with van der Waals surface area (Å²) in [5.41, 5.74) is 0.919. The molecule has 2 heterocycles. The van der Waals surface area contributed by atoms with Crippen LogP contribution in [0.5, 0.6) is 0 Å². The first-order chi connectivity index (χ1) is 12.0. The third-order valence-corrected chi connectivity index (χ3v) is 4.52. The van der Waals surface area contributed by atoms with Crippen molar-refractivity contribution >= 4 is 33.4 Å². The largest absolute Gasteiger partial charge is 0.465 e. The zero-order chi connectivity index (χ0) is 18.0. The number of hydrogen-bond acceptors (Lipinski definition) is 5. The molecule has 0 aliphatic heterocycles. The molecule has 1 aromatic carbocycles. The molecule has 0 bridgehead atoms. The molecule has 3 aromatic rings. The number of carbonyl (C=O) groups excluding carboxylic acids is 2. The number of ether oxygens (including phenoxy) is 1. The second kappa shape index (κ2) is 6.98. The van der Waals surface area contributed by atoms with Crippen molar-refractivity contribution in [2.75, 3.05) is 6.61 Å². The third-order valence-electron chi connectivity index (χ3n) is 3.47. The highest BCUT2D eigenvalue weighted by Gasteiger charge is 2.14. The lowest BCUT2D eigenvalue weighted by molar-refractivity contribution is -0.143. The van der Waals surface area contributed by atoms with Gasteiger partial charge in [0.15, 0.2) is 4.80 Å². The van der Waals surface area contributed by atoms with Gasteiger partial charge in [-0.1, -0.05) is 11.3 Å². The molecule has 0 fully saturated rings. The highest BCUT2D eigenvalue weighted by molar-refractivity contribution is 7.16. The minimum absolute atomic E-state index is 0.114. The lowest BCUT2D eigenvalue weighted by Gasteiger charge is -2.05. The highest BCUT2D eigenvalue weighted by atomic mass is 32.1. The fraction of sp³-hybridized carbons (Fsp3) is 0.250. The van der Waals surface area contributed by atoms with Crippen molar-refractivity contribution in [1.29, 1.82) is 0 Å². The topological polar surface area (TPSA) is 78.5 Å². The second-order valence-electron chi connectivity index (χ2n) is 5.14. The van der Waals surface area contributed by atoms with Crippen LogP contribution in [-0.2, 0) is 23.1 Å². The summed E-state index contributed by atoms with van der Waals surface area (Å²) in [5, 5.41) is 3.94. The molecule has 0 aliphatic carbocycles. The molecule has 7 nitrogen and oxygen atoms in total. The maximum Gasteiger partial charge on any atom is 0.326 e. The van der Waals surface area contributed by atoms with Crippen LogP contribution in [0.2, 0.25) is 0 Å². The van der Waals surface area contributed by atoms with Crippen molar-refractivity contribution in [3.8, 4) is 0 Å². The number of rotatable bonds is 4. The average molecular weight is 362 g/mol. The lowest BCUT2D eigenvalue weighted by Crippen LogP contribution is -2.23. The number of aryl methyl sites for hydroxylation is 1. The van der Waals surface area contributed by atoms with Gasteiger partial charge in [-0.05, 0) is 31.2 Å². The van der Waals surface area contributed by atoms with Gasteiger partial charge in [0.2, 0.25) is 0 Å². The van der Waals surface area contributed by atoms with E-state index in [0.717, 1.165) is 11.3 Å². The summed E-state index contributed by atoms with van der Waals surface area (Å²) in [6.07, 6.45) is 1.50. The molecule has 0 spiro atoms. The smallest absolute Gasteiger partial charge is 0.326 e. The number of fused-ring (bicyclic) bond motifs is 1. The molecule has 0 N–H and O–H groups in total. The maximum atomic E-state index is 13.5. The van der Waals surface area contributed by atoms with Gasteiger partial charge in [0.05, 0.1) is 16.8 Å². The van der Waals surface area contributed by atoms with Crippen molar-refractivity contribution in [3.05, 3.63) is 46.8 Å². The van der Waals surface area contributed by atoms with Gasteiger partial charge in [-0.25, -0.2) is 4.39 Å². The summed E-state index contributed by atoms with van der Waals surface area (Å²) < 4.78 is 22.0. The Morgan fingerprint density at radius 1 is 1.36 bits per heavy atom. The number of thiazole rings is 1. The molecule has 0 saturated heterocycles. The summed E-state index contributed by atoms with van der Waals surface area (Å²) in [6.45, 7) is 1.84. The maximum absolute atomic E-state index is 13.5. The van der Waals surface area contributed by atoms with Crippen LogP contribution >= 0.6 is 11.3 Å². The Labute approximate surface area is 146 Å². The molecular formula is C16H15FN4O3S. The first kappa shape index (κ1) is 17.0. The normalized spacial score (nSPS) is 11.9. The Hall–Kier alpha value is -2.81. The van der Waals surface area contributed by atoms with Crippen molar-refractivity contribution < 1.29 is 18.7 Å². The van der Waals surface area contributed by atoms with Crippen molar-refractivity contribution in [1.82, 2.24) is 14.3 Å². The number of benzene rings is 1. The van der Waals surface area contributed by atoms with Crippen LogP contribution in [0.25, 0.3) is 10.2 Å². The lowest BCUT2D eigenvalue weighted by atomic mass is 10.3. The molecule has 1 amide bonds. The molecule has 0 radical (unpaired) electrons. The van der Waals surface area contributed by atoms with Gasteiger partial charge < -0.3 is 9.30 Å². The third kappa shape index (κ3) is 3.50. The molecule has 0 aliphatic rings. The number of carbonyl (C=O) groups is 2. The number of hydrogen-bond donors (Lipinski definition) is 0. The molecule has 0 unspecified atom stereocenters. The predicted molar refractivity (Wildman–Crippen MR) is 89.5 cm³/mol. The summed E-state index contributed by atoms with van der Waals surface area (Å²) >= 11 is 1.13. The Balaban J connectivity index is 2.12. The van der Waals surface area contributed by atoms with E-state index in [0.29, 0.717) is 20.7 Å². The van der Waals surface area contributed by atoms with Gasteiger partial charge in [0, 0.05) is 13.2 Å². The van der Waals surface area contributed by atoms with Gasteiger partial charge >= 0.3 is 5.97 Å². The van der Waals surface area contributed by atoms with Gasteiger partial charge in [0.25, 0.3) is 5.91 Å². The molecule has 9 heteroatoms. The average Bonchev–Trinajstić information content (AvgIpc) is 3.11. The van der Waals surface area contributed by atoms with E-state index in [1.807, 2.05) is 0 Å². The zero-order valence-electron chi connectivity index (χ0n) is 13.6. The number of nitrogens with zero attached hydrogens (tertiary/aromatic N) is 4. The number of esters is 1. The van der Waals surface area contributed by atoms with Gasteiger partial charge in [-0.15, -0.1) is 0 Å². The summed E-state index contributed by atoms with van der Waals surface area (Å²) in [7, 11) is 1.63. The molecule has 0 atom stereocenters. The number of aromatic nitrogens is 3. The van der Waals surface area contributed by atoms with Crippen LogP contribution < -0.4 is 4.80 Å². The van der Waals surface area contributed by atoms with Gasteiger partial charge in [0.1, 0.15) is 18.1 Å². The van der Waals surface area contributed by atoms with Gasteiger partial charge in [-0.3, -0.25) is 14.3 Å². The van der Waals surface area contributed by atoms with E-state index in [1.54, 1.807) is 30.7 Å². The second-order valence-corrected chi connectivity index (χ2v) is 6.15. The molecule has 130 valence electrons. The van der Waals surface area contributed by atoms with Crippen molar-refractivity contribution in [2.45, 2.75) is 13.5 Å². The standard InChI is InChI=1S/C16H15FN4O3S/c1-3-24-14(22)9-21-11-5-4-10(17)8-13(11)25-16(21)19-15(23)12-6-7-18-20(12)2/h4-8H,3,9H2,1-2H3. The fourth-order valence-electron chi connectivity index (χ4n) is 2.35. The Kier molecular flexibility index (Phi) is 4.75. The van der Waals surface area contributed by atoms with E-state index < -0.39 is 17.7 Å². The summed E-state index contributed by atoms with van der Waals surface area (Å²) in [4.78, 5) is 28.7. The first-order valence-corrected chi connectivity index (χ1v) is 8.33. The predicted octanol–water partition coefficient (Wildman–Crippen LogP) is 1.88. The first-order valence-electron chi connectivity index (χ1n) is 7.51. The van der Waals surface area contributed by atoms with E-state index >= 15 is 0 Å². The van der Waals surface area contributed by atoms with Crippen molar-refractivity contribution in [3.63, 3.8) is 0 Å². The molecular weight excluding hydrogens is 347 g/mol. The minimum atomic E-state index is -0.496. The summed E-state index contributed by atoms with van der Waals surface area (Å²) in [5.74, 6) is -1.35. The summed E-state index contributed by atoms with van der Waals surface area (Å²) in [6, 6.07) is 5.74. The van der Waals surface area contributed by atoms with Crippen LogP contribution in [0.1, 0.15) is 17.4 Å². The minimum Gasteiger partial charge on any atom is -0.465 e. The van der Waals surface area contributed by atoms with Gasteiger partial charge in [-0.2, -0.15) is 10.1 Å². The van der Waals surface area contributed by atoms with E-state index in [4.69, 9.17) is 4.74 Å². The van der Waals surface area contributed by atoms with E-state index in [1.165, 1.54) is 23.0 Å². The van der Waals surface area contributed by atoms with Crippen LogP contribution in [0.3, 0.4) is 0 Å². The Morgan fingerprint density at radius 3 is 2.84 bits per heavy atom. The molecule has 2 aromatic heterocycles. The Morgan fingerprint density at radius 2 is 2.16 bits per heavy atom. The van der Waals surface area contributed by atoms with Crippen LogP contribution in [-0.4, -0.2) is 32.8 Å². The van der Waals surface area contributed by atoms with Crippen LogP contribution in [0.4, 0.5) is 4.39 Å². The highest BCUT2D eigenvalue weighted by Crippen LogP contribution is 2.19. The number of halogens is 1. The molecule has 0 saturated carbocycles. The number of amides is 1. The van der Waals surface area contributed by atoms with E-state index in [-0.39, 0.29) is 13.2 Å².